The van der Waals surface area contributed by atoms with Crippen LogP contribution in [0.2, 0.25) is 5.02 Å². The zero-order chi connectivity index (χ0) is 21.3. The van der Waals surface area contributed by atoms with Gasteiger partial charge in [-0.25, -0.2) is 0 Å². The number of nitrogens with one attached hydrogen (secondary N) is 1. The fourth-order valence-electron chi connectivity index (χ4n) is 3.09. The number of nitriles is 1. The molecule has 1 heterocycles. The second-order valence-corrected chi connectivity index (χ2v) is 7.21. The highest BCUT2D eigenvalue weighted by atomic mass is 35.5. The Bertz CT molecular complexity index is 962. The van der Waals surface area contributed by atoms with Crippen molar-refractivity contribution in [2.75, 3.05) is 20.3 Å². The smallest absolute Gasteiger partial charge is 0.262 e. The van der Waals surface area contributed by atoms with Crippen LogP contribution in [0, 0.1) is 11.3 Å². The first kappa shape index (κ1) is 21.7. The Hall–Kier alpha value is -3.01. The minimum absolute atomic E-state index is 0.0137. The molecule has 1 atom stereocenters. The van der Waals surface area contributed by atoms with Crippen LogP contribution >= 0.6 is 11.6 Å². The predicted molar refractivity (Wildman–Crippen MR) is 114 cm³/mol. The van der Waals surface area contributed by atoms with E-state index in [0.717, 1.165) is 18.4 Å². The fraction of sp³-hybridized carbons (Fsp3) is 0.304. The summed E-state index contributed by atoms with van der Waals surface area (Å²) in [6.45, 7) is 1.41. The Morgan fingerprint density at radius 1 is 1.33 bits per heavy atom. The molecule has 1 N–H and O–H groups in total. The number of carbonyl (C=O) groups is 1. The minimum atomic E-state index is -0.425. The van der Waals surface area contributed by atoms with Crippen molar-refractivity contribution in [1.82, 2.24) is 5.32 Å². The maximum absolute atomic E-state index is 12.3. The summed E-state index contributed by atoms with van der Waals surface area (Å²) >= 11 is 6.16. The van der Waals surface area contributed by atoms with Crippen molar-refractivity contribution >= 4 is 23.6 Å². The molecule has 0 spiro atoms. The van der Waals surface area contributed by atoms with E-state index < -0.39 is 5.91 Å². The Morgan fingerprint density at radius 3 is 2.87 bits per heavy atom. The maximum Gasteiger partial charge on any atom is 0.262 e. The molecule has 30 heavy (non-hydrogen) atoms. The van der Waals surface area contributed by atoms with Crippen LogP contribution in [0.4, 0.5) is 0 Å². The van der Waals surface area contributed by atoms with Crippen LogP contribution in [0.3, 0.4) is 0 Å². The van der Waals surface area contributed by atoms with Crippen LogP contribution in [-0.2, 0) is 16.1 Å². The molecule has 2 aromatic carbocycles. The van der Waals surface area contributed by atoms with Gasteiger partial charge in [0, 0.05) is 23.7 Å². The SMILES string of the molecule is COc1cc(C=C(C#N)C(=O)NCC2CCCO2)ccc1OCc1ccccc1Cl. The summed E-state index contributed by atoms with van der Waals surface area (Å²) in [4.78, 5) is 12.3. The third-order valence-corrected chi connectivity index (χ3v) is 5.09. The van der Waals surface area contributed by atoms with Gasteiger partial charge in [0.1, 0.15) is 18.2 Å². The van der Waals surface area contributed by atoms with Crippen molar-refractivity contribution in [3.63, 3.8) is 0 Å². The summed E-state index contributed by atoms with van der Waals surface area (Å²) < 4.78 is 16.7. The molecule has 7 heteroatoms. The van der Waals surface area contributed by atoms with Crippen molar-refractivity contribution in [3.8, 4) is 17.6 Å². The quantitative estimate of drug-likeness (QED) is 0.507. The molecule has 156 valence electrons. The first-order chi connectivity index (χ1) is 14.6. The van der Waals surface area contributed by atoms with Crippen LogP contribution < -0.4 is 14.8 Å². The number of carbonyl (C=O) groups excluding carboxylic acids is 1. The number of rotatable bonds is 8. The van der Waals surface area contributed by atoms with E-state index >= 15 is 0 Å². The molecule has 6 nitrogen and oxygen atoms in total. The van der Waals surface area contributed by atoms with Gasteiger partial charge in [0.15, 0.2) is 11.5 Å². The molecule has 0 aromatic heterocycles. The molecular formula is C23H23ClN2O4. The minimum Gasteiger partial charge on any atom is -0.493 e. The molecule has 0 aliphatic carbocycles. The lowest BCUT2D eigenvalue weighted by molar-refractivity contribution is -0.117. The standard InChI is InChI=1S/C23H23ClN2O4/c1-28-22-12-16(8-9-21(22)30-15-17-5-2-3-7-20(17)24)11-18(13-25)23(27)26-14-19-6-4-10-29-19/h2-3,5,7-9,11-12,19H,4,6,10,14-15H2,1H3,(H,26,27). The van der Waals surface area contributed by atoms with E-state index in [1.807, 2.05) is 24.3 Å². The maximum atomic E-state index is 12.3. The lowest BCUT2D eigenvalue weighted by Crippen LogP contribution is -2.32. The van der Waals surface area contributed by atoms with Gasteiger partial charge in [-0.2, -0.15) is 5.26 Å². The number of nitrogens with zero attached hydrogens (tertiary/aromatic N) is 1. The third kappa shape index (κ3) is 5.76. The van der Waals surface area contributed by atoms with E-state index in [0.29, 0.717) is 41.8 Å². The van der Waals surface area contributed by atoms with Crippen LogP contribution in [-0.4, -0.2) is 32.3 Å². The first-order valence-corrected chi connectivity index (χ1v) is 10.0. The lowest BCUT2D eigenvalue weighted by atomic mass is 10.1. The monoisotopic (exact) mass is 426 g/mol. The first-order valence-electron chi connectivity index (χ1n) is 9.66. The van der Waals surface area contributed by atoms with E-state index in [-0.39, 0.29) is 11.7 Å². The number of methoxy groups -OCH3 is 1. The number of benzene rings is 2. The highest BCUT2D eigenvalue weighted by molar-refractivity contribution is 6.31. The fourth-order valence-corrected chi connectivity index (χ4v) is 3.28. The molecule has 1 aliphatic heterocycles. The van der Waals surface area contributed by atoms with E-state index in [4.69, 9.17) is 25.8 Å². The molecule has 0 bridgehead atoms. The van der Waals surface area contributed by atoms with Gasteiger partial charge in [-0.3, -0.25) is 4.79 Å². The molecule has 2 aromatic rings. The van der Waals surface area contributed by atoms with Crippen molar-refractivity contribution in [2.24, 2.45) is 0 Å². The molecule has 1 amide bonds. The van der Waals surface area contributed by atoms with Crippen LogP contribution in [0.15, 0.2) is 48.0 Å². The van der Waals surface area contributed by atoms with E-state index in [1.54, 1.807) is 24.3 Å². The number of amides is 1. The Morgan fingerprint density at radius 2 is 2.17 bits per heavy atom. The summed E-state index contributed by atoms with van der Waals surface area (Å²) in [7, 11) is 1.53. The van der Waals surface area contributed by atoms with Gasteiger partial charge in [-0.15, -0.1) is 0 Å². The summed E-state index contributed by atoms with van der Waals surface area (Å²) in [5.41, 5.74) is 1.53. The predicted octanol–water partition coefficient (Wildman–Crippen LogP) is 4.13. The van der Waals surface area contributed by atoms with Gasteiger partial charge in [0.2, 0.25) is 0 Å². The molecule has 1 saturated heterocycles. The molecule has 1 fully saturated rings. The van der Waals surface area contributed by atoms with Crippen LogP contribution in [0.5, 0.6) is 11.5 Å². The van der Waals surface area contributed by atoms with Crippen LogP contribution in [0.1, 0.15) is 24.0 Å². The zero-order valence-electron chi connectivity index (χ0n) is 16.7. The molecule has 3 rings (SSSR count). The summed E-state index contributed by atoms with van der Waals surface area (Å²) in [6.07, 6.45) is 3.44. The summed E-state index contributed by atoms with van der Waals surface area (Å²) in [5, 5.41) is 12.8. The second kappa shape index (κ2) is 10.7. The highest BCUT2D eigenvalue weighted by Crippen LogP contribution is 2.30. The largest absolute Gasteiger partial charge is 0.493 e. The van der Waals surface area contributed by atoms with Gasteiger partial charge in [0.05, 0.1) is 13.2 Å². The van der Waals surface area contributed by atoms with Crippen molar-refractivity contribution < 1.29 is 19.0 Å². The number of ether oxygens (including phenoxy) is 3. The van der Waals surface area contributed by atoms with E-state index in [9.17, 15) is 10.1 Å². The Balaban J connectivity index is 1.68. The van der Waals surface area contributed by atoms with Gasteiger partial charge in [-0.05, 0) is 42.7 Å². The van der Waals surface area contributed by atoms with Gasteiger partial charge in [-0.1, -0.05) is 35.9 Å². The van der Waals surface area contributed by atoms with Gasteiger partial charge < -0.3 is 19.5 Å². The lowest BCUT2D eigenvalue weighted by Gasteiger charge is -2.12. The van der Waals surface area contributed by atoms with Crippen LogP contribution in [0.25, 0.3) is 6.08 Å². The summed E-state index contributed by atoms with van der Waals surface area (Å²) in [5.74, 6) is 0.606. The normalized spacial score (nSPS) is 16.0. The molecule has 0 radical (unpaired) electrons. The van der Waals surface area contributed by atoms with Gasteiger partial charge in [0.25, 0.3) is 5.91 Å². The average Bonchev–Trinajstić information content (AvgIpc) is 3.29. The topological polar surface area (TPSA) is 80.6 Å². The Kier molecular flexibility index (Phi) is 7.72. The number of halogens is 1. The number of hydrogen-bond acceptors (Lipinski definition) is 5. The number of hydrogen-bond donors (Lipinski definition) is 1. The van der Waals surface area contributed by atoms with Crippen molar-refractivity contribution in [1.29, 1.82) is 5.26 Å². The average molecular weight is 427 g/mol. The zero-order valence-corrected chi connectivity index (χ0v) is 17.4. The second-order valence-electron chi connectivity index (χ2n) is 6.81. The van der Waals surface area contributed by atoms with Crippen molar-refractivity contribution in [2.45, 2.75) is 25.6 Å². The molecule has 1 aliphatic rings. The molecule has 1 unspecified atom stereocenters. The molecule has 0 saturated carbocycles. The highest BCUT2D eigenvalue weighted by Gasteiger charge is 2.18. The third-order valence-electron chi connectivity index (χ3n) is 4.72. The van der Waals surface area contributed by atoms with E-state index in [1.165, 1.54) is 13.2 Å². The van der Waals surface area contributed by atoms with Crippen molar-refractivity contribution in [3.05, 3.63) is 64.2 Å². The van der Waals surface area contributed by atoms with E-state index in [2.05, 4.69) is 5.32 Å². The summed E-state index contributed by atoms with van der Waals surface area (Å²) in [6, 6.07) is 14.6. The molecular weight excluding hydrogens is 404 g/mol. The Labute approximate surface area is 181 Å². The van der Waals surface area contributed by atoms with Gasteiger partial charge >= 0.3 is 0 Å².